The van der Waals surface area contributed by atoms with Crippen molar-refractivity contribution >= 4 is 83.2 Å². The molecule has 0 saturated carbocycles. The van der Waals surface area contributed by atoms with Crippen LogP contribution in [0.15, 0.2) is 99.2 Å². The van der Waals surface area contributed by atoms with Crippen molar-refractivity contribution in [2.24, 2.45) is 0 Å². The fourth-order valence-electron chi connectivity index (χ4n) is 4.66. The van der Waals surface area contributed by atoms with Gasteiger partial charge in [0.25, 0.3) is 0 Å². The number of carbonyl (C=O) groups excluding carboxylic acids is 14. The van der Waals surface area contributed by atoms with E-state index >= 15 is 0 Å². The number of hydrogen-bond donors (Lipinski definition) is 6. The fourth-order valence-corrected chi connectivity index (χ4v) is 4.66. The maximum atomic E-state index is 11.4. The molecule has 0 rings (SSSR count). The molecule has 0 aromatic rings. The topological polar surface area (TPSA) is 403 Å². The smallest absolute Gasteiger partial charge is 0.333 e. The predicted octanol–water partition coefficient (Wildman–Crippen LogP) is 1.68. The average molecular weight is 1280 g/mol. The van der Waals surface area contributed by atoms with Gasteiger partial charge < -0.3 is 79.3 Å². The van der Waals surface area contributed by atoms with Gasteiger partial charge in [-0.2, -0.15) is 0 Å². The van der Waals surface area contributed by atoms with Gasteiger partial charge >= 0.3 is 47.8 Å². The summed E-state index contributed by atoms with van der Waals surface area (Å²) in [5.41, 5.74) is -0.792. The first-order valence-corrected chi connectivity index (χ1v) is 27.0. The molecule has 0 fully saturated rings. The Labute approximate surface area is 526 Å². The molecule has 0 heterocycles. The Hall–Kier alpha value is -9.58. The van der Waals surface area contributed by atoms with Crippen molar-refractivity contribution in [2.45, 2.75) is 94.2 Å². The summed E-state index contributed by atoms with van der Waals surface area (Å²) < 4.78 is 48.5. The van der Waals surface area contributed by atoms with Gasteiger partial charge in [-0.3, -0.25) is 28.8 Å². The van der Waals surface area contributed by atoms with Crippen LogP contribution in [0.25, 0.3) is 0 Å². The normalized spacial score (nSPS) is 9.56. The molecule has 90 heavy (non-hydrogen) atoms. The average Bonchev–Trinajstić information content (AvgIpc) is 3.53. The van der Waals surface area contributed by atoms with E-state index in [-0.39, 0.29) is 99.4 Å². The van der Waals surface area contributed by atoms with E-state index in [4.69, 9.17) is 37.9 Å². The zero-order valence-electron chi connectivity index (χ0n) is 54.1. The highest BCUT2D eigenvalue weighted by molar-refractivity contribution is 5.89. The third-order valence-electron chi connectivity index (χ3n) is 8.73. The molecule has 0 atom stereocenters. The zero-order valence-corrected chi connectivity index (χ0v) is 54.1. The maximum absolute atomic E-state index is 11.4. The first-order chi connectivity index (χ1) is 41.8. The van der Waals surface area contributed by atoms with Gasteiger partial charge in [0.2, 0.25) is 35.4 Å². The molecular weight excluding hydrogens is 1190 g/mol. The van der Waals surface area contributed by atoms with E-state index < -0.39 is 58.8 Å². The van der Waals surface area contributed by atoms with Gasteiger partial charge in [-0.25, -0.2) is 38.4 Å². The number of rotatable bonds is 36. The second kappa shape index (κ2) is 57.2. The molecule has 30 nitrogen and oxygen atoms in total. The summed E-state index contributed by atoms with van der Waals surface area (Å²) in [6.45, 7) is 47.7. The summed E-state index contributed by atoms with van der Waals surface area (Å²) in [4.78, 5) is 151. The minimum atomic E-state index is -1.01. The number of hydrogen-bond acceptors (Lipinski definition) is 24. The zero-order chi connectivity index (χ0) is 70.8. The molecule has 0 aliphatic heterocycles. The Bertz CT molecular complexity index is 2380. The number of carbonyl (C=O) groups is 14. The number of ether oxygens (including phenoxy) is 10. The van der Waals surface area contributed by atoms with Gasteiger partial charge in [0, 0.05) is 101 Å². The Morgan fingerprint density at radius 2 is 0.522 bits per heavy atom. The summed E-state index contributed by atoms with van der Waals surface area (Å²) in [6.07, 6.45) is 4.18. The molecule has 0 aliphatic rings. The third-order valence-corrected chi connectivity index (χ3v) is 8.73. The molecule has 30 heteroatoms. The minimum absolute atomic E-state index is 0.0905. The van der Waals surface area contributed by atoms with E-state index in [0.29, 0.717) is 63.8 Å². The molecule has 0 radical (unpaired) electrons. The standard InChI is InChI=1S/C14H21NO5.C12H17NO5.C10H17NO4.C9H15NO4.C8H13NO3.C7H11NO3/c1-9(2)12(17)19-7-14(6,15-11(5)16)8-20-13(18)10(3)4;1-5-10(15)17-7-12(4,13-9(3)14)8-18-11(16)6-2;1-8(2)10(13)15-7-6-14-5-4-11-9(3)12;1-3-9(12)14-7-6-13-5-4-10-8(2)11;1-6(2)8(11)12-5-4-9-7(3)10;1-3-7(10)11-5-4-8-6(2)9/h1,3,7-8H2,2,4-6H3,(H,15,16);5-6H,1-2,7-8H2,3-4H3,(H,13,14);1,4-7H2,2-3H3,(H,11,12);3H,1,4-7H2,2H3,(H,10,11);1,4-5H2,2-3H3,(H,9,10);3H,1,4-5H2,2H3,(H,8,9). The van der Waals surface area contributed by atoms with Gasteiger partial charge in [0.15, 0.2) is 0 Å². The van der Waals surface area contributed by atoms with Gasteiger partial charge in [-0.1, -0.05) is 52.6 Å². The first-order valence-electron chi connectivity index (χ1n) is 27.0. The van der Waals surface area contributed by atoms with Gasteiger partial charge in [0.05, 0.1) is 39.5 Å². The highest BCUT2D eigenvalue weighted by Crippen LogP contribution is 2.10. The minimum Gasteiger partial charge on any atom is -0.461 e. The molecule has 0 spiro atoms. The predicted molar refractivity (Wildman–Crippen MR) is 329 cm³/mol. The molecule has 6 N–H and O–H groups in total. The van der Waals surface area contributed by atoms with E-state index in [0.717, 1.165) is 24.3 Å². The fraction of sp³-hybridized carbons (Fsp3) is 0.500. The highest BCUT2D eigenvalue weighted by Gasteiger charge is 2.30. The lowest BCUT2D eigenvalue weighted by Gasteiger charge is -2.29. The summed E-state index contributed by atoms with van der Waals surface area (Å²) in [7, 11) is 0. The van der Waals surface area contributed by atoms with Crippen LogP contribution in [-0.2, 0) is 114 Å². The van der Waals surface area contributed by atoms with Crippen molar-refractivity contribution < 1.29 is 114 Å². The van der Waals surface area contributed by atoms with Crippen LogP contribution in [-0.4, -0.2) is 200 Å². The second-order valence-corrected chi connectivity index (χ2v) is 18.6. The molecular formula is C60H94N6O24. The van der Waals surface area contributed by atoms with Crippen LogP contribution >= 0.6 is 0 Å². The van der Waals surface area contributed by atoms with E-state index in [9.17, 15) is 67.1 Å². The number of nitrogens with one attached hydrogen (secondary N) is 6. The van der Waals surface area contributed by atoms with Crippen LogP contribution in [0.4, 0.5) is 0 Å². The molecule has 508 valence electrons. The van der Waals surface area contributed by atoms with Gasteiger partial charge in [-0.05, 0) is 41.5 Å². The van der Waals surface area contributed by atoms with Crippen molar-refractivity contribution in [2.75, 3.05) is 105 Å². The largest absolute Gasteiger partial charge is 0.461 e. The van der Waals surface area contributed by atoms with E-state index in [1.54, 1.807) is 27.7 Å². The Morgan fingerprint density at radius 3 is 0.789 bits per heavy atom. The lowest BCUT2D eigenvalue weighted by Crippen LogP contribution is -2.53. The monoisotopic (exact) mass is 1280 g/mol. The van der Waals surface area contributed by atoms with Crippen LogP contribution in [0.2, 0.25) is 0 Å². The van der Waals surface area contributed by atoms with E-state index in [1.165, 1.54) is 55.4 Å². The van der Waals surface area contributed by atoms with Crippen molar-refractivity contribution in [1.29, 1.82) is 0 Å². The Balaban J connectivity index is -0.000000238. The van der Waals surface area contributed by atoms with Crippen LogP contribution in [0.1, 0.15) is 83.1 Å². The quantitative estimate of drug-likeness (QED) is 0.0225. The van der Waals surface area contributed by atoms with Crippen LogP contribution < -0.4 is 31.9 Å². The van der Waals surface area contributed by atoms with Crippen molar-refractivity contribution in [3.63, 3.8) is 0 Å². The molecule has 0 bridgehead atoms. The van der Waals surface area contributed by atoms with Crippen molar-refractivity contribution in [3.8, 4) is 0 Å². The molecule has 0 aliphatic carbocycles. The first kappa shape index (κ1) is 91.6. The lowest BCUT2D eigenvalue weighted by atomic mass is 10.1. The molecule has 0 saturated heterocycles. The second-order valence-electron chi connectivity index (χ2n) is 18.6. The number of amides is 6. The van der Waals surface area contributed by atoms with E-state index in [2.05, 4.69) is 94.0 Å². The summed E-state index contributed by atoms with van der Waals surface area (Å²) in [6, 6.07) is 0. The van der Waals surface area contributed by atoms with E-state index in [1.807, 2.05) is 0 Å². The molecule has 6 amide bonds. The summed E-state index contributed by atoms with van der Waals surface area (Å²) in [5.74, 6) is -5.30. The Kier molecular flexibility index (Phi) is 58.2. The lowest BCUT2D eigenvalue weighted by molar-refractivity contribution is -0.148. The van der Waals surface area contributed by atoms with Crippen LogP contribution in [0.5, 0.6) is 0 Å². The highest BCUT2D eigenvalue weighted by atomic mass is 16.6. The van der Waals surface area contributed by atoms with Crippen molar-refractivity contribution in [3.05, 3.63) is 99.2 Å². The Morgan fingerprint density at radius 1 is 0.300 bits per heavy atom. The van der Waals surface area contributed by atoms with Gasteiger partial charge in [-0.15, -0.1) is 0 Å². The maximum Gasteiger partial charge on any atom is 0.333 e. The van der Waals surface area contributed by atoms with Gasteiger partial charge in [0.1, 0.15) is 63.9 Å². The third kappa shape index (κ3) is 69.2. The van der Waals surface area contributed by atoms with Crippen molar-refractivity contribution in [1.82, 2.24) is 31.9 Å². The molecule has 0 aromatic carbocycles. The molecule has 0 aromatic heterocycles. The molecule has 0 unspecified atom stereocenters. The SMILES string of the molecule is C=C(C)C(=O)OCC(C)(COC(=O)C(=C)C)NC(C)=O.C=C(C)C(=O)OCCNC(C)=O.C=C(C)C(=O)OCCOCCNC(C)=O.C=CC(=O)OCC(C)(COC(=O)C=C)NC(C)=O.C=CC(=O)OCCNC(C)=O.C=CC(=O)OCCOCCNC(C)=O. The van der Waals surface area contributed by atoms with Crippen LogP contribution in [0, 0.1) is 0 Å². The van der Waals surface area contributed by atoms with Crippen LogP contribution in [0.3, 0.4) is 0 Å². The summed E-state index contributed by atoms with van der Waals surface area (Å²) in [5, 5.41) is 15.3. The number of esters is 8. The summed E-state index contributed by atoms with van der Waals surface area (Å²) >= 11 is 0.